The summed E-state index contributed by atoms with van der Waals surface area (Å²) in [4.78, 5) is 20.9. The number of carbonyl (C=O) groups excluding carboxylic acids is 2. The van der Waals surface area contributed by atoms with E-state index in [1.165, 1.54) is 13.8 Å². The highest BCUT2D eigenvalue weighted by Crippen LogP contribution is 2.00. The Kier molecular flexibility index (Phi) is 3.32. The molecule has 10 heavy (non-hydrogen) atoms. The second-order valence-corrected chi connectivity index (χ2v) is 2.29. The highest BCUT2D eigenvalue weighted by Gasteiger charge is 2.18. The second-order valence-electron chi connectivity index (χ2n) is 1.87. The van der Waals surface area contributed by atoms with Crippen molar-refractivity contribution >= 4 is 23.3 Å². The topological polar surface area (TPSA) is 63.4 Å². The number of carbonyl (C=O) groups is 2. The standard InChI is InChI=1S/C5H9ClN2O2/c1-3(9)5(6)8(7)4(2)10/h5H,7H2,1-2H3. The van der Waals surface area contributed by atoms with Gasteiger partial charge in [0.2, 0.25) is 5.91 Å². The second kappa shape index (κ2) is 3.53. The van der Waals surface area contributed by atoms with Crippen LogP contribution in [-0.4, -0.2) is 22.2 Å². The molecule has 5 heteroatoms. The SMILES string of the molecule is CC(=O)C(Cl)N(N)C(C)=O. The molecule has 0 fully saturated rings. The molecule has 4 nitrogen and oxygen atoms in total. The van der Waals surface area contributed by atoms with E-state index in [0.717, 1.165) is 0 Å². The first-order chi connectivity index (χ1) is 4.46. The van der Waals surface area contributed by atoms with Crippen LogP contribution >= 0.6 is 11.6 Å². The van der Waals surface area contributed by atoms with E-state index in [1.807, 2.05) is 0 Å². The number of hydrogen-bond donors (Lipinski definition) is 1. The van der Waals surface area contributed by atoms with Crippen molar-refractivity contribution in [3.05, 3.63) is 0 Å². The van der Waals surface area contributed by atoms with Gasteiger partial charge < -0.3 is 0 Å². The zero-order valence-electron chi connectivity index (χ0n) is 5.80. The van der Waals surface area contributed by atoms with Crippen molar-refractivity contribution in [2.45, 2.75) is 19.3 Å². The third kappa shape index (κ3) is 2.33. The Morgan fingerprint density at radius 1 is 1.50 bits per heavy atom. The van der Waals surface area contributed by atoms with Gasteiger partial charge in [-0.05, 0) is 6.92 Å². The summed E-state index contributed by atoms with van der Waals surface area (Å²) in [7, 11) is 0. The fraction of sp³-hybridized carbons (Fsp3) is 0.600. The Labute approximate surface area is 63.9 Å². The lowest BCUT2D eigenvalue weighted by molar-refractivity contribution is -0.134. The molecule has 0 saturated heterocycles. The van der Waals surface area contributed by atoms with Crippen LogP contribution in [0.5, 0.6) is 0 Å². The average Bonchev–Trinajstić information content (AvgIpc) is 1.84. The first kappa shape index (κ1) is 9.39. The van der Waals surface area contributed by atoms with E-state index >= 15 is 0 Å². The van der Waals surface area contributed by atoms with Crippen molar-refractivity contribution < 1.29 is 9.59 Å². The molecule has 1 amide bonds. The highest BCUT2D eigenvalue weighted by molar-refractivity contribution is 6.31. The Hall–Kier alpha value is -0.610. The Bertz CT molecular complexity index is 142. The van der Waals surface area contributed by atoms with Gasteiger partial charge in [-0.2, -0.15) is 0 Å². The minimum atomic E-state index is -1.04. The van der Waals surface area contributed by atoms with Gasteiger partial charge in [0.25, 0.3) is 0 Å². The van der Waals surface area contributed by atoms with Gasteiger partial charge in [0.05, 0.1) is 0 Å². The first-order valence-corrected chi connectivity index (χ1v) is 3.09. The van der Waals surface area contributed by atoms with Crippen LogP contribution in [0.15, 0.2) is 0 Å². The molecule has 0 aliphatic heterocycles. The van der Waals surface area contributed by atoms with Crippen LogP contribution in [-0.2, 0) is 9.59 Å². The molecule has 0 aromatic heterocycles. The molecular formula is C5H9ClN2O2. The first-order valence-electron chi connectivity index (χ1n) is 2.66. The van der Waals surface area contributed by atoms with Gasteiger partial charge >= 0.3 is 0 Å². The Balaban J connectivity index is 4.07. The minimum Gasteiger partial charge on any atom is -0.296 e. The van der Waals surface area contributed by atoms with Gasteiger partial charge in [0, 0.05) is 6.92 Å². The molecule has 0 aliphatic carbocycles. The number of amides is 1. The summed E-state index contributed by atoms with van der Waals surface area (Å²) in [5.41, 5.74) is -1.04. The molecular weight excluding hydrogens is 156 g/mol. The van der Waals surface area contributed by atoms with Gasteiger partial charge in [0.15, 0.2) is 11.3 Å². The maximum absolute atomic E-state index is 10.5. The van der Waals surface area contributed by atoms with Gasteiger partial charge in [0.1, 0.15) is 0 Å². The lowest BCUT2D eigenvalue weighted by Gasteiger charge is -2.17. The molecule has 0 aliphatic rings. The molecule has 0 spiro atoms. The van der Waals surface area contributed by atoms with Crippen LogP contribution in [0, 0.1) is 0 Å². The molecule has 0 bridgehead atoms. The highest BCUT2D eigenvalue weighted by atomic mass is 35.5. The quantitative estimate of drug-likeness (QED) is 0.203. The maximum atomic E-state index is 10.5. The molecule has 0 aromatic rings. The Morgan fingerprint density at radius 2 is 1.90 bits per heavy atom. The number of rotatable bonds is 2. The van der Waals surface area contributed by atoms with Crippen molar-refractivity contribution in [1.82, 2.24) is 5.01 Å². The molecule has 58 valence electrons. The molecule has 0 aromatic carbocycles. The van der Waals surface area contributed by atoms with Crippen LogP contribution < -0.4 is 5.84 Å². The molecule has 2 N–H and O–H groups in total. The fourth-order valence-electron chi connectivity index (χ4n) is 0.355. The largest absolute Gasteiger partial charge is 0.296 e. The maximum Gasteiger partial charge on any atom is 0.235 e. The minimum absolute atomic E-state index is 0.348. The summed E-state index contributed by atoms with van der Waals surface area (Å²) in [6.45, 7) is 2.50. The van der Waals surface area contributed by atoms with E-state index in [4.69, 9.17) is 17.4 Å². The lowest BCUT2D eigenvalue weighted by Crippen LogP contribution is -2.44. The third-order valence-electron chi connectivity index (χ3n) is 0.943. The van der Waals surface area contributed by atoms with Crippen LogP contribution in [0.2, 0.25) is 0 Å². The molecule has 1 unspecified atom stereocenters. The van der Waals surface area contributed by atoms with E-state index in [-0.39, 0.29) is 5.78 Å². The number of hydrogen-bond acceptors (Lipinski definition) is 3. The summed E-state index contributed by atoms with van der Waals surface area (Å²) in [6.07, 6.45) is 0. The monoisotopic (exact) mass is 164 g/mol. The number of nitrogens with zero attached hydrogens (tertiary/aromatic N) is 1. The lowest BCUT2D eigenvalue weighted by atomic mass is 10.4. The normalized spacial score (nSPS) is 12.4. The predicted molar refractivity (Wildman–Crippen MR) is 37.0 cm³/mol. The number of halogens is 1. The predicted octanol–water partition coefficient (Wildman–Crippen LogP) is -0.137. The zero-order valence-corrected chi connectivity index (χ0v) is 6.55. The summed E-state index contributed by atoms with van der Waals surface area (Å²) in [6, 6.07) is 0. The van der Waals surface area contributed by atoms with Gasteiger partial charge in [-0.3, -0.25) is 14.6 Å². The van der Waals surface area contributed by atoms with Crippen LogP contribution in [0.1, 0.15) is 13.8 Å². The fourth-order valence-corrected chi connectivity index (χ4v) is 0.493. The van der Waals surface area contributed by atoms with Crippen molar-refractivity contribution in [3.63, 3.8) is 0 Å². The smallest absolute Gasteiger partial charge is 0.235 e. The van der Waals surface area contributed by atoms with E-state index in [9.17, 15) is 9.59 Å². The summed E-state index contributed by atoms with van der Waals surface area (Å²) in [5.74, 6) is 4.31. The van der Waals surface area contributed by atoms with Gasteiger partial charge in [-0.25, -0.2) is 5.84 Å². The number of ketones is 1. The molecule has 0 saturated carbocycles. The number of Topliss-reactive ketones (excluding diaryl/α,β-unsaturated/α-hetero) is 1. The zero-order chi connectivity index (χ0) is 8.31. The van der Waals surface area contributed by atoms with E-state index in [1.54, 1.807) is 0 Å². The number of alkyl halides is 1. The van der Waals surface area contributed by atoms with Crippen molar-refractivity contribution in [2.75, 3.05) is 0 Å². The summed E-state index contributed by atoms with van der Waals surface area (Å²) in [5, 5.41) is 0.684. The van der Waals surface area contributed by atoms with E-state index < -0.39 is 11.4 Å². The Morgan fingerprint density at radius 3 is 2.00 bits per heavy atom. The van der Waals surface area contributed by atoms with Crippen LogP contribution in [0.3, 0.4) is 0 Å². The van der Waals surface area contributed by atoms with Crippen molar-refractivity contribution in [1.29, 1.82) is 0 Å². The molecule has 0 rings (SSSR count). The van der Waals surface area contributed by atoms with Gasteiger partial charge in [-0.1, -0.05) is 11.6 Å². The van der Waals surface area contributed by atoms with Crippen molar-refractivity contribution in [3.8, 4) is 0 Å². The summed E-state index contributed by atoms with van der Waals surface area (Å²) >= 11 is 5.39. The third-order valence-corrected chi connectivity index (χ3v) is 1.46. The van der Waals surface area contributed by atoms with E-state index in [2.05, 4.69) is 0 Å². The molecule has 0 radical (unpaired) electrons. The van der Waals surface area contributed by atoms with Gasteiger partial charge in [-0.15, -0.1) is 0 Å². The average molecular weight is 165 g/mol. The van der Waals surface area contributed by atoms with Crippen molar-refractivity contribution in [2.24, 2.45) is 5.84 Å². The van der Waals surface area contributed by atoms with Crippen LogP contribution in [0.25, 0.3) is 0 Å². The molecule has 0 heterocycles. The van der Waals surface area contributed by atoms with E-state index in [0.29, 0.717) is 5.01 Å². The molecule has 1 atom stereocenters. The number of hydrazine groups is 1. The summed E-state index contributed by atoms with van der Waals surface area (Å²) < 4.78 is 0. The number of nitrogens with two attached hydrogens (primary N) is 1. The van der Waals surface area contributed by atoms with Crippen LogP contribution in [0.4, 0.5) is 0 Å².